The summed E-state index contributed by atoms with van der Waals surface area (Å²) in [5.74, 6) is -2.25. The molecule has 0 aromatic carbocycles. The molecule has 0 unspecified atom stereocenters. The first-order valence-corrected chi connectivity index (χ1v) is 18.2. The summed E-state index contributed by atoms with van der Waals surface area (Å²) in [5.41, 5.74) is 0.806. The standard InChI is InChI=1S/C39H59N3O10/c1-9-32-29(23-48-8)20-24(2)13-14-30(44)25(3)21-28(15-18-43)37(26(4)31(45)22-34(46)51-32)52-39-36(47)35(42(6)7)38(27(5)50-39)49-19-10-12-33-40-16-11-17-41-33/h10-14,16-18,20,25-29,31-32,35-39,45,47H,9,15,19,21-23H2,1-8H3/b12-10+,14-13+,24-20+/t25-,26+,27-,28+,29-,31-,32-,35-,36-,37-,38-,39+/m1/s1. The molecule has 1 aromatic heterocycles. The van der Waals surface area contributed by atoms with Gasteiger partial charge in [0.05, 0.1) is 44.0 Å². The minimum atomic E-state index is -1.24. The lowest BCUT2D eigenvalue weighted by Gasteiger charge is -2.48. The highest BCUT2D eigenvalue weighted by Gasteiger charge is 2.48. The minimum Gasteiger partial charge on any atom is -0.462 e. The second-order valence-electron chi connectivity index (χ2n) is 14.2. The molecule has 3 rings (SSSR count). The van der Waals surface area contributed by atoms with E-state index in [4.69, 9.17) is 23.7 Å². The van der Waals surface area contributed by atoms with Crippen molar-refractivity contribution in [3.8, 4) is 0 Å². The smallest absolute Gasteiger partial charge is 0.308 e. The fourth-order valence-corrected chi connectivity index (χ4v) is 7.04. The Hall–Kier alpha value is -3.17. The van der Waals surface area contributed by atoms with Gasteiger partial charge < -0.3 is 43.6 Å². The molecule has 2 aliphatic rings. The van der Waals surface area contributed by atoms with Gasteiger partial charge in [-0.05, 0) is 64.9 Å². The van der Waals surface area contributed by atoms with Crippen molar-refractivity contribution in [3.63, 3.8) is 0 Å². The van der Waals surface area contributed by atoms with E-state index < -0.39 is 72.7 Å². The van der Waals surface area contributed by atoms with Gasteiger partial charge >= 0.3 is 5.97 Å². The van der Waals surface area contributed by atoms with Crippen LogP contribution in [0.15, 0.2) is 48.3 Å². The second-order valence-corrected chi connectivity index (χ2v) is 14.2. The fraction of sp³-hybridized carbons (Fsp3) is 0.667. The number of hydrogen-bond donors (Lipinski definition) is 2. The van der Waals surface area contributed by atoms with E-state index in [-0.39, 0.29) is 37.6 Å². The lowest BCUT2D eigenvalue weighted by atomic mass is 9.79. The van der Waals surface area contributed by atoms with Crippen LogP contribution in [0, 0.1) is 23.7 Å². The minimum absolute atomic E-state index is 0.0156. The summed E-state index contributed by atoms with van der Waals surface area (Å²) < 4.78 is 30.4. The molecule has 0 amide bonds. The van der Waals surface area contributed by atoms with Crippen LogP contribution in [-0.4, -0.2) is 126 Å². The van der Waals surface area contributed by atoms with E-state index in [0.717, 1.165) is 11.9 Å². The van der Waals surface area contributed by atoms with Crippen LogP contribution in [0.4, 0.5) is 0 Å². The Labute approximate surface area is 308 Å². The van der Waals surface area contributed by atoms with E-state index in [1.807, 2.05) is 45.8 Å². The molecule has 3 heterocycles. The molecule has 0 spiro atoms. The van der Waals surface area contributed by atoms with E-state index >= 15 is 0 Å². The molecular weight excluding hydrogens is 670 g/mol. The highest BCUT2D eigenvalue weighted by atomic mass is 16.7. The van der Waals surface area contributed by atoms with Crippen LogP contribution in [0.25, 0.3) is 6.08 Å². The van der Waals surface area contributed by atoms with E-state index in [9.17, 15) is 24.6 Å². The maximum atomic E-state index is 13.4. The van der Waals surface area contributed by atoms with Crippen LogP contribution in [0.3, 0.4) is 0 Å². The van der Waals surface area contributed by atoms with E-state index in [1.54, 1.807) is 57.6 Å². The van der Waals surface area contributed by atoms with Gasteiger partial charge in [0, 0.05) is 43.7 Å². The Balaban J connectivity index is 1.92. The third kappa shape index (κ3) is 12.5. The molecule has 13 heteroatoms. The van der Waals surface area contributed by atoms with Crippen molar-refractivity contribution >= 4 is 24.1 Å². The maximum absolute atomic E-state index is 13.4. The number of likely N-dealkylation sites (N-methyl/N-ethyl adjacent to an activating group) is 1. The quantitative estimate of drug-likeness (QED) is 0.237. The number of hydrogen-bond acceptors (Lipinski definition) is 13. The van der Waals surface area contributed by atoms with E-state index in [0.29, 0.717) is 18.9 Å². The molecule has 13 nitrogen and oxygen atoms in total. The number of aromatic nitrogens is 2. The SMILES string of the molecule is CC[C@H]1OC(=O)C[C@@H](O)[C@H](C)[C@@H](O[C@@H]2O[C@H](C)[C@@H](OC/C=C/c3ncccn3)[C@H](N(C)C)[C@H]2O)[C@@H](CC=O)C[C@@H](C)C(=O)/C=C/C(C)=C/[C@@H]1COC. The molecule has 2 N–H and O–H groups in total. The average molecular weight is 730 g/mol. The number of cyclic esters (lactones) is 1. The molecule has 0 bridgehead atoms. The zero-order valence-electron chi connectivity index (χ0n) is 31.9. The predicted molar refractivity (Wildman–Crippen MR) is 195 cm³/mol. The Kier molecular flexibility index (Phi) is 17.9. The predicted octanol–water partition coefficient (Wildman–Crippen LogP) is 3.58. The highest BCUT2D eigenvalue weighted by Crippen LogP contribution is 2.35. The first-order chi connectivity index (χ1) is 24.8. The lowest BCUT2D eigenvalue weighted by molar-refractivity contribution is -0.308. The van der Waals surface area contributed by atoms with Crippen molar-refractivity contribution in [2.75, 3.05) is 34.4 Å². The number of aldehydes is 1. The van der Waals surface area contributed by atoms with Crippen molar-refractivity contribution in [1.29, 1.82) is 0 Å². The fourth-order valence-electron chi connectivity index (χ4n) is 7.04. The molecule has 1 saturated heterocycles. The lowest BCUT2D eigenvalue weighted by Crippen LogP contribution is -2.64. The number of ether oxygens (including phenoxy) is 5. The largest absolute Gasteiger partial charge is 0.462 e. The van der Waals surface area contributed by atoms with E-state index in [1.165, 1.54) is 6.08 Å². The Morgan fingerprint density at radius 1 is 1.08 bits per heavy atom. The number of methoxy groups -OCH3 is 1. The van der Waals surface area contributed by atoms with Gasteiger partial charge in [-0.3, -0.25) is 9.59 Å². The van der Waals surface area contributed by atoms with Crippen LogP contribution in [0.5, 0.6) is 0 Å². The number of ketones is 1. The van der Waals surface area contributed by atoms with Crippen LogP contribution >= 0.6 is 0 Å². The van der Waals surface area contributed by atoms with E-state index in [2.05, 4.69) is 9.97 Å². The summed E-state index contributed by atoms with van der Waals surface area (Å²) in [5, 5.41) is 23.3. The van der Waals surface area contributed by atoms with Gasteiger partial charge in [-0.15, -0.1) is 0 Å². The molecule has 0 radical (unpaired) electrons. The van der Waals surface area contributed by atoms with Crippen LogP contribution in [0.1, 0.15) is 66.1 Å². The van der Waals surface area contributed by atoms with Crippen molar-refractivity contribution in [2.45, 2.75) is 109 Å². The van der Waals surface area contributed by atoms with Gasteiger partial charge in [-0.25, -0.2) is 9.97 Å². The average Bonchev–Trinajstić information content (AvgIpc) is 3.11. The molecule has 1 aromatic rings. The van der Waals surface area contributed by atoms with Gasteiger partial charge in [0.25, 0.3) is 0 Å². The summed E-state index contributed by atoms with van der Waals surface area (Å²) >= 11 is 0. The molecule has 12 atom stereocenters. The number of allylic oxidation sites excluding steroid dienone is 3. The first kappa shape index (κ1) is 43.2. The number of nitrogens with zero attached hydrogens (tertiary/aromatic N) is 3. The Morgan fingerprint density at radius 3 is 2.42 bits per heavy atom. The summed E-state index contributed by atoms with van der Waals surface area (Å²) in [6.45, 7) is 9.62. The molecule has 290 valence electrons. The summed E-state index contributed by atoms with van der Waals surface area (Å²) in [7, 11) is 5.22. The van der Waals surface area contributed by atoms with Crippen LogP contribution < -0.4 is 0 Å². The molecule has 0 saturated carbocycles. The maximum Gasteiger partial charge on any atom is 0.308 e. The summed E-state index contributed by atoms with van der Waals surface area (Å²) in [6, 6.07) is 1.17. The van der Waals surface area contributed by atoms with Crippen LogP contribution in [0.2, 0.25) is 0 Å². The van der Waals surface area contributed by atoms with Crippen LogP contribution in [-0.2, 0) is 38.1 Å². The number of carbonyl (C=O) groups is 3. The Morgan fingerprint density at radius 2 is 1.79 bits per heavy atom. The van der Waals surface area contributed by atoms with Gasteiger partial charge in [-0.2, -0.15) is 0 Å². The normalized spacial score (nSPS) is 35.9. The second kappa shape index (κ2) is 21.5. The molecule has 2 aliphatic heterocycles. The zero-order valence-corrected chi connectivity index (χ0v) is 31.9. The number of aliphatic hydroxyl groups excluding tert-OH is 2. The number of carbonyl (C=O) groups excluding carboxylic acids is 3. The zero-order chi connectivity index (χ0) is 38.4. The summed E-state index contributed by atoms with van der Waals surface area (Å²) in [6.07, 6.45) is 7.07. The molecule has 1 fully saturated rings. The third-order valence-electron chi connectivity index (χ3n) is 9.92. The molecular formula is C39H59N3O10. The summed E-state index contributed by atoms with van der Waals surface area (Å²) in [4.78, 5) is 48.9. The van der Waals surface area contributed by atoms with Crippen molar-refractivity contribution in [3.05, 3.63) is 54.2 Å². The van der Waals surface area contributed by atoms with Gasteiger partial charge in [0.15, 0.2) is 17.9 Å². The monoisotopic (exact) mass is 729 g/mol. The number of rotatable bonds is 12. The third-order valence-corrected chi connectivity index (χ3v) is 9.92. The van der Waals surface area contributed by atoms with Gasteiger partial charge in [0.1, 0.15) is 24.6 Å². The number of esters is 1. The molecule has 52 heavy (non-hydrogen) atoms. The van der Waals surface area contributed by atoms with Gasteiger partial charge in [-0.1, -0.05) is 44.6 Å². The number of aliphatic hydroxyl groups is 2. The van der Waals surface area contributed by atoms with Crippen molar-refractivity contribution < 1.29 is 48.3 Å². The van der Waals surface area contributed by atoms with Crippen molar-refractivity contribution in [2.24, 2.45) is 23.7 Å². The van der Waals surface area contributed by atoms with Crippen molar-refractivity contribution in [1.82, 2.24) is 14.9 Å². The highest BCUT2D eigenvalue weighted by molar-refractivity contribution is 5.91. The topological polar surface area (TPSA) is 167 Å². The Bertz CT molecular complexity index is 1350. The molecule has 0 aliphatic carbocycles. The van der Waals surface area contributed by atoms with Gasteiger partial charge in [0.2, 0.25) is 0 Å². The first-order valence-electron chi connectivity index (χ1n) is 18.2.